The van der Waals surface area contributed by atoms with Crippen LogP contribution >= 0.6 is 0 Å². The van der Waals surface area contributed by atoms with Gasteiger partial charge in [0.1, 0.15) is 11.7 Å². The highest BCUT2D eigenvalue weighted by atomic mass is 16.6. The second-order valence-electron chi connectivity index (χ2n) is 11.6. The van der Waals surface area contributed by atoms with E-state index in [9.17, 15) is 4.79 Å². The smallest absolute Gasteiger partial charge is 0.410 e. The Hall–Kier alpha value is -2.06. The molecule has 1 saturated carbocycles. The van der Waals surface area contributed by atoms with E-state index in [4.69, 9.17) is 14.2 Å². The van der Waals surface area contributed by atoms with E-state index in [1.54, 1.807) is 0 Å². The molecule has 1 aliphatic carbocycles. The van der Waals surface area contributed by atoms with Gasteiger partial charge in [0.25, 0.3) is 0 Å². The molecular formula is C27H42N4O4. The summed E-state index contributed by atoms with van der Waals surface area (Å²) in [6.45, 7) is 9.30. The zero-order valence-electron chi connectivity index (χ0n) is 21.6. The Labute approximate surface area is 209 Å². The van der Waals surface area contributed by atoms with Crippen molar-refractivity contribution < 1.29 is 19.0 Å². The molecule has 1 amide bonds. The number of likely N-dealkylation sites (tertiary alicyclic amines) is 1. The number of ether oxygens (including phenoxy) is 3. The lowest BCUT2D eigenvalue weighted by atomic mass is 9.94. The Morgan fingerprint density at radius 3 is 2.23 bits per heavy atom. The molecule has 0 spiro atoms. The third kappa shape index (κ3) is 6.20. The summed E-state index contributed by atoms with van der Waals surface area (Å²) >= 11 is 0. The summed E-state index contributed by atoms with van der Waals surface area (Å²) in [4.78, 5) is 21.5. The standard InChI is InChI=1S/C27H42N4O4/c1-27(2,3)35-26(32)30-17-20-4-5-21(18-30)31(20)19-10-15-29-25(16-19)34-23-8-6-22(7-9-23)33-24-11-13-28-14-12-24/h10,15-16,20-24,28H,4-9,11-14,17-18H2,1-3H3. The first-order chi connectivity index (χ1) is 16.8. The normalized spacial score (nSPS) is 29.8. The molecule has 0 aromatic carbocycles. The zero-order valence-corrected chi connectivity index (χ0v) is 21.6. The monoisotopic (exact) mass is 486 g/mol. The number of nitrogens with one attached hydrogen (secondary N) is 1. The summed E-state index contributed by atoms with van der Waals surface area (Å²) in [6, 6.07) is 4.77. The number of pyridine rings is 1. The Morgan fingerprint density at radius 1 is 0.943 bits per heavy atom. The van der Waals surface area contributed by atoms with Gasteiger partial charge in [0, 0.05) is 43.1 Å². The molecular weight excluding hydrogens is 444 g/mol. The SMILES string of the molecule is CC(C)(C)OC(=O)N1CC2CCC(C1)N2c1ccnc(OC2CCC(OC3CCNCC3)CC2)c1. The maximum Gasteiger partial charge on any atom is 0.410 e. The van der Waals surface area contributed by atoms with E-state index in [2.05, 4.69) is 27.3 Å². The predicted octanol–water partition coefficient (Wildman–Crippen LogP) is 4.13. The van der Waals surface area contributed by atoms with E-state index in [1.807, 2.05) is 31.9 Å². The number of rotatable bonds is 5. The van der Waals surface area contributed by atoms with Crippen molar-refractivity contribution >= 4 is 11.8 Å². The summed E-state index contributed by atoms with van der Waals surface area (Å²) in [5, 5.41) is 3.41. The van der Waals surface area contributed by atoms with Gasteiger partial charge in [0.15, 0.2) is 0 Å². The fourth-order valence-corrected chi connectivity index (χ4v) is 6.08. The van der Waals surface area contributed by atoms with Crippen molar-refractivity contribution in [2.24, 2.45) is 0 Å². The highest BCUT2D eigenvalue weighted by Gasteiger charge is 2.42. The van der Waals surface area contributed by atoms with Gasteiger partial charge in [-0.05, 0) is 91.3 Å². The molecule has 2 unspecified atom stereocenters. The van der Waals surface area contributed by atoms with Crippen LogP contribution in [0.25, 0.3) is 0 Å². The number of carbonyl (C=O) groups is 1. The number of nitrogens with zero attached hydrogens (tertiary/aromatic N) is 3. The number of piperidine rings is 1. The van der Waals surface area contributed by atoms with Crippen LogP contribution < -0.4 is 15.0 Å². The molecule has 2 atom stereocenters. The molecule has 5 rings (SSSR count). The number of amides is 1. The number of hydrogen-bond donors (Lipinski definition) is 1. The molecule has 4 heterocycles. The van der Waals surface area contributed by atoms with Gasteiger partial charge < -0.3 is 29.3 Å². The molecule has 194 valence electrons. The highest BCUT2D eigenvalue weighted by molar-refractivity contribution is 5.69. The number of piperazine rings is 1. The van der Waals surface area contributed by atoms with Crippen molar-refractivity contribution in [3.8, 4) is 5.88 Å². The summed E-state index contributed by atoms with van der Waals surface area (Å²) in [5.41, 5.74) is 0.678. The van der Waals surface area contributed by atoms with Crippen LogP contribution in [0.3, 0.4) is 0 Å². The van der Waals surface area contributed by atoms with Crippen molar-refractivity contribution in [1.29, 1.82) is 0 Å². The Bertz CT molecular complexity index is 847. The molecule has 2 bridgehead atoms. The van der Waals surface area contributed by atoms with E-state index < -0.39 is 5.60 Å². The van der Waals surface area contributed by atoms with Crippen LogP contribution in [0.1, 0.15) is 72.1 Å². The summed E-state index contributed by atoms with van der Waals surface area (Å²) in [5.74, 6) is 0.708. The van der Waals surface area contributed by atoms with E-state index in [-0.39, 0.29) is 12.2 Å². The van der Waals surface area contributed by atoms with E-state index in [0.717, 1.165) is 70.1 Å². The maximum atomic E-state index is 12.6. The Kier molecular flexibility index (Phi) is 7.39. The molecule has 1 aromatic rings. The van der Waals surface area contributed by atoms with Crippen LogP contribution in [0.5, 0.6) is 5.88 Å². The van der Waals surface area contributed by atoms with E-state index in [0.29, 0.717) is 43.3 Å². The molecule has 4 aliphatic rings. The minimum atomic E-state index is -0.469. The van der Waals surface area contributed by atoms with Gasteiger partial charge in [-0.25, -0.2) is 9.78 Å². The summed E-state index contributed by atoms with van der Waals surface area (Å²) in [6.07, 6.45) is 11.2. The van der Waals surface area contributed by atoms with Crippen molar-refractivity contribution in [1.82, 2.24) is 15.2 Å². The van der Waals surface area contributed by atoms with Crippen molar-refractivity contribution in [2.45, 2.75) is 108 Å². The molecule has 3 aliphatic heterocycles. The zero-order chi connectivity index (χ0) is 24.4. The molecule has 35 heavy (non-hydrogen) atoms. The van der Waals surface area contributed by atoms with Gasteiger partial charge >= 0.3 is 6.09 Å². The van der Waals surface area contributed by atoms with Crippen LogP contribution in [0, 0.1) is 0 Å². The van der Waals surface area contributed by atoms with Crippen LogP contribution in [-0.2, 0) is 9.47 Å². The maximum absolute atomic E-state index is 12.6. The largest absolute Gasteiger partial charge is 0.474 e. The average molecular weight is 487 g/mol. The van der Waals surface area contributed by atoms with Gasteiger partial charge in [-0.2, -0.15) is 0 Å². The number of hydrogen-bond acceptors (Lipinski definition) is 7. The third-order valence-corrected chi connectivity index (χ3v) is 7.73. The lowest BCUT2D eigenvalue weighted by Gasteiger charge is -2.42. The van der Waals surface area contributed by atoms with E-state index in [1.165, 1.54) is 0 Å². The molecule has 0 radical (unpaired) electrons. The van der Waals surface area contributed by atoms with Gasteiger partial charge in [-0.3, -0.25) is 0 Å². The molecule has 4 fully saturated rings. The molecule has 1 N–H and O–H groups in total. The fourth-order valence-electron chi connectivity index (χ4n) is 6.08. The first-order valence-corrected chi connectivity index (χ1v) is 13.6. The lowest BCUT2D eigenvalue weighted by molar-refractivity contribution is -0.0551. The first kappa shape index (κ1) is 24.6. The topological polar surface area (TPSA) is 76.2 Å². The number of fused-ring (bicyclic) bond motifs is 2. The lowest BCUT2D eigenvalue weighted by Crippen LogP contribution is -2.56. The Balaban J connectivity index is 1.14. The molecule has 8 heteroatoms. The van der Waals surface area contributed by atoms with E-state index >= 15 is 0 Å². The molecule has 1 aromatic heterocycles. The first-order valence-electron chi connectivity index (χ1n) is 13.6. The van der Waals surface area contributed by atoms with Crippen LogP contribution in [0.15, 0.2) is 18.3 Å². The highest BCUT2D eigenvalue weighted by Crippen LogP contribution is 2.37. The minimum absolute atomic E-state index is 0.200. The average Bonchev–Trinajstić information content (AvgIpc) is 3.09. The molecule has 3 saturated heterocycles. The fraction of sp³-hybridized carbons (Fsp3) is 0.778. The second kappa shape index (κ2) is 10.5. The van der Waals surface area contributed by atoms with Gasteiger partial charge in [-0.1, -0.05) is 0 Å². The van der Waals surface area contributed by atoms with Crippen LogP contribution in [0.2, 0.25) is 0 Å². The van der Waals surface area contributed by atoms with Crippen LogP contribution in [0.4, 0.5) is 10.5 Å². The number of anilines is 1. The summed E-state index contributed by atoms with van der Waals surface area (Å²) < 4.78 is 18.3. The summed E-state index contributed by atoms with van der Waals surface area (Å²) in [7, 11) is 0. The quantitative estimate of drug-likeness (QED) is 0.671. The van der Waals surface area contributed by atoms with Gasteiger partial charge in [0.2, 0.25) is 5.88 Å². The third-order valence-electron chi connectivity index (χ3n) is 7.73. The Morgan fingerprint density at radius 2 is 1.57 bits per heavy atom. The van der Waals surface area contributed by atoms with Gasteiger partial charge in [0.05, 0.1) is 12.2 Å². The number of carbonyl (C=O) groups excluding carboxylic acids is 1. The van der Waals surface area contributed by atoms with Crippen molar-refractivity contribution in [2.75, 3.05) is 31.1 Å². The molecule has 8 nitrogen and oxygen atoms in total. The van der Waals surface area contributed by atoms with Crippen LogP contribution in [-0.4, -0.2) is 78.2 Å². The minimum Gasteiger partial charge on any atom is -0.474 e. The van der Waals surface area contributed by atoms with Crippen molar-refractivity contribution in [3.63, 3.8) is 0 Å². The second-order valence-corrected chi connectivity index (χ2v) is 11.6. The number of aromatic nitrogens is 1. The predicted molar refractivity (Wildman–Crippen MR) is 135 cm³/mol. The van der Waals surface area contributed by atoms with Crippen molar-refractivity contribution in [3.05, 3.63) is 18.3 Å². The van der Waals surface area contributed by atoms with Gasteiger partial charge in [-0.15, -0.1) is 0 Å².